The first-order valence-electron chi connectivity index (χ1n) is 5.03. The van der Waals surface area contributed by atoms with Crippen LogP contribution in [0, 0.1) is 6.92 Å². The fraction of sp³-hybridized carbons (Fsp3) is 0.273. The van der Waals surface area contributed by atoms with Gasteiger partial charge in [-0.25, -0.2) is 14.5 Å². The monoisotopic (exact) mass is 235 g/mol. The van der Waals surface area contributed by atoms with Crippen LogP contribution in [-0.4, -0.2) is 29.0 Å². The highest BCUT2D eigenvalue weighted by Crippen LogP contribution is 2.28. The average molecular weight is 235 g/mol. The van der Waals surface area contributed by atoms with Crippen molar-refractivity contribution in [3.05, 3.63) is 34.5 Å². The minimum atomic E-state index is -0.283. The Hall–Kier alpha value is -2.24. The third-order valence-corrected chi connectivity index (χ3v) is 2.47. The summed E-state index contributed by atoms with van der Waals surface area (Å²) in [5, 5.41) is 6.23. The maximum atomic E-state index is 11.6. The van der Waals surface area contributed by atoms with E-state index in [2.05, 4.69) is 10.2 Å². The third-order valence-electron chi connectivity index (χ3n) is 2.47. The maximum absolute atomic E-state index is 11.6. The third kappa shape index (κ3) is 1.89. The molecule has 0 aliphatic rings. The van der Waals surface area contributed by atoms with Crippen LogP contribution in [0.2, 0.25) is 0 Å². The first-order valence-corrected chi connectivity index (χ1v) is 5.03. The summed E-state index contributed by atoms with van der Waals surface area (Å²) in [7, 11) is 3.11. The van der Waals surface area contributed by atoms with Crippen LogP contribution < -0.4 is 15.2 Å². The lowest BCUT2D eigenvalue weighted by Gasteiger charge is -2.09. The van der Waals surface area contributed by atoms with Crippen molar-refractivity contribution >= 4 is 0 Å². The Balaban J connectivity index is 2.58. The second kappa shape index (κ2) is 4.32. The van der Waals surface area contributed by atoms with Crippen molar-refractivity contribution in [3.63, 3.8) is 0 Å². The maximum Gasteiger partial charge on any atom is 0.347 e. The Morgan fingerprint density at radius 3 is 2.47 bits per heavy atom. The molecule has 0 spiro atoms. The fourth-order valence-corrected chi connectivity index (χ4v) is 1.64. The van der Waals surface area contributed by atoms with Gasteiger partial charge in [-0.15, -0.1) is 0 Å². The first-order chi connectivity index (χ1) is 8.17. The van der Waals surface area contributed by atoms with Gasteiger partial charge in [0.05, 0.1) is 19.9 Å². The molecule has 17 heavy (non-hydrogen) atoms. The van der Waals surface area contributed by atoms with Crippen LogP contribution in [0.25, 0.3) is 5.69 Å². The zero-order chi connectivity index (χ0) is 12.4. The van der Waals surface area contributed by atoms with Crippen molar-refractivity contribution in [1.82, 2.24) is 14.8 Å². The van der Waals surface area contributed by atoms with Crippen molar-refractivity contribution in [2.45, 2.75) is 6.92 Å². The smallest absolute Gasteiger partial charge is 0.347 e. The summed E-state index contributed by atoms with van der Waals surface area (Å²) in [4.78, 5) is 11.6. The molecule has 2 aromatic rings. The lowest BCUT2D eigenvalue weighted by atomic mass is 10.2. The molecule has 0 saturated carbocycles. The van der Waals surface area contributed by atoms with E-state index >= 15 is 0 Å². The van der Waals surface area contributed by atoms with Crippen molar-refractivity contribution in [1.29, 1.82) is 0 Å². The molecular formula is C11H13N3O3. The molecule has 6 heteroatoms. The Labute approximate surface area is 97.8 Å². The van der Waals surface area contributed by atoms with Crippen molar-refractivity contribution in [3.8, 4) is 17.2 Å². The Morgan fingerprint density at radius 1 is 1.24 bits per heavy atom. The highest BCUT2D eigenvalue weighted by molar-refractivity contribution is 5.49. The van der Waals surface area contributed by atoms with E-state index in [0.717, 1.165) is 0 Å². The predicted molar refractivity (Wildman–Crippen MR) is 62.0 cm³/mol. The van der Waals surface area contributed by atoms with Gasteiger partial charge in [-0.05, 0) is 19.1 Å². The van der Waals surface area contributed by atoms with E-state index in [1.807, 2.05) is 0 Å². The van der Waals surface area contributed by atoms with Gasteiger partial charge in [0.1, 0.15) is 5.82 Å². The van der Waals surface area contributed by atoms with Crippen molar-refractivity contribution in [2.75, 3.05) is 14.2 Å². The number of ether oxygens (including phenoxy) is 2. The number of H-pyrrole nitrogens is 1. The van der Waals surface area contributed by atoms with E-state index in [9.17, 15) is 4.79 Å². The van der Waals surface area contributed by atoms with Crippen LogP contribution >= 0.6 is 0 Å². The molecule has 0 unspecified atom stereocenters. The van der Waals surface area contributed by atoms with Gasteiger partial charge in [-0.2, -0.15) is 5.10 Å². The number of nitrogens with one attached hydrogen (secondary N) is 1. The Morgan fingerprint density at radius 2 is 1.94 bits per heavy atom. The number of methoxy groups -OCH3 is 2. The lowest BCUT2D eigenvalue weighted by molar-refractivity contribution is 0.355. The predicted octanol–water partition coefficient (Wildman–Crippen LogP) is 0.886. The highest BCUT2D eigenvalue weighted by atomic mass is 16.5. The van der Waals surface area contributed by atoms with Gasteiger partial charge in [-0.1, -0.05) is 0 Å². The molecule has 6 nitrogen and oxygen atoms in total. The van der Waals surface area contributed by atoms with E-state index < -0.39 is 0 Å². The number of hydrogen-bond donors (Lipinski definition) is 1. The van der Waals surface area contributed by atoms with Gasteiger partial charge >= 0.3 is 5.69 Å². The SMILES string of the molecule is COc1ccc(-n2c(C)n[nH]c2=O)cc1OC. The van der Waals surface area contributed by atoms with Crippen molar-refractivity contribution < 1.29 is 9.47 Å². The van der Waals surface area contributed by atoms with Gasteiger partial charge in [0, 0.05) is 6.07 Å². The largest absolute Gasteiger partial charge is 0.493 e. The van der Waals surface area contributed by atoms with E-state index in [1.54, 1.807) is 39.3 Å². The van der Waals surface area contributed by atoms with Crippen LogP contribution in [0.4, 0.5) is 0 Å². The molecule has 0 aliphatic carbocycles. The number of aryl methyl sites for hydroxylation is 1. The van der Waals surface area contributed by atoms with Gasteiger partial charge in [0.15, 0.2) is 11.5 Å². The molecule has 1 N–H and O–H groups in total. The molecular weight excluding hydrogens is 222 g/mol. The standard InChI is InChI=1S/C11H13N3O3/c1-7-12-13-11(15)14(7)8-4-5-9(16-2)10(6-8)17-3/h4-6H,1-3H3,(H,13,15). The Kier molecular flexibility index (Phi) is 2.86. The van der Waals surface area contributed by atoms with Gasteiger partial charge < -0.3 is 9.47 Å². The zero-order valence-corrected chi connectivity index (χ0v) is 9.85. The summed E-state index contributed by atoms with van der Waals surface area (Å²) in [5.41, 5.74) is 0.397. The molecule has 90 valence electrons. The minimum absolute atomic E-state index is 0.283. The van der Waals surface area contributed by atoms with Gasteiger partial charge in [0.2, 0.25) is 0 Å². The summed E-state index contributed by atoms with van der Waals surface area (Å²) in [6.45, 7) is 1.74. The van der Waals surface area contributed by atoms with E-state index in [1.165, 1.54) is 4.57 Å². The van der Waals surface area contributed by atoms with Crippen LogP contribution in [0.5, 0.6) is 11.5 Å². The van der Waals surface area contributed by atoms with Crippen LogP contribution in [0.15, 0.2) is 23.0 Å². The van der Waals surface area contributed by atoms with E-state index in [4.69, 9.17) is 9.47 Å². The molecule has 0 saturated heterocycles. The number of aromatic nitrogens is 3. The van der Waals surface area contributed by atoms with E-state index in [-0.39, 0.29) is 5.69 Å². The topological polar surface area (TPSA) is 69.1 Å². The zero-order valence-electron chi connectivity index (χ0n) is 9.85. The van der Waals surface area contributed by atoms with Crippen LogP contribution in [-0.2, 0) is 0 Å². The number of rotatable bonds is 3. The fourth-order valence-electron chi connectivity index (χ4n) is 1.64. The molecule has 1 aromatic heterocycles. The number of nitrogens with zero attached hydrogens (tertiary/aromatic N) is 2. The number of aromatic amines is 1. The molecule has 0 bridgehead atoms. The highest BCUT2D eigenvalue weighted by Gasteiger charge is 2.10. The summed E-state index contributed by atoms with van der Waals surface area (Å²) in [6, 6.07) is 5.24. The molecule has 1 heterocycles. The van der Waals surface area contributed by atoms with E-state index in [0.29, 0.717) is 23.0 Å². The lowest BCUT2D eigenvalue weighted by Crippen LogP contribution is -2.15. The Bertz CT molecular complexity index is 586. The number of hydrogen-bond acceptors (Lipinski definition) is 4. The van der Waals surface area contributed by atoms with Gasteiger partial charge in [-0.3, -0.25) is 0 Å². The minimum Gasteiger partial charge on any atom is -0.493 e. The second-order valence-corrected chi connectivity index (χ2v) is 3.45. The second-order valence-electron chi connectivity index (χ2n) is 3.45. The molecule has 1 aromatic carbocycles. The molecule has 0 fully saturated rings. The molecule has 0 amide bonds. The van der Waals surface area contributed by atoms with Crippen LogP contribution in [0.3, 0.4) is 0 Å². The summed E-state index contributed by atoms with van der Waals surface area (Å²) in [6.07, 6.45) is 0. The average Bonchev–Trinajstić information content (AvgIpc) is 2.68. The molecule has 2 rings (SSSR count). The molecule has 0 atom stereocenters. The molecule has 0 radical (unpaired) electrons. The first kappa shape index (κ1) is 11.3. The molecule has 0 aliphatic heterocycles. The quantitative estimate of drug-likeness (QED) is 0.857. The summed E-state index contributed by atoms with van der Waals surface area (Å²) < 4.78 is 11.8. The summed E-state index contributed by atoms with van der Waals surface area (Å²) >= 11 is 0. The normalized spacial score (nSPS) is 10.3. The van der Waals surface area contributed by atoms with Crippen LogP contribution in [0.1, 0.15) is 5.82 Å². The van der Waals surface area contributed by atoms with Crippen molar-refractivity contribution in [2.24, 2.45) is 0 Å². The summed E-state index contributed by atoms with van der Waals surface area (Å²) in [5.74, 6) is 1.77. The van der Waals surface area contributed by atoms with Gasteiger partial charge in [0.25, 0.3) is 0 Å². The number of benzene rings is 1.